The third-order valence-corrected chi connectivity index (χ3v) is 2.79. The minimum Gasteiger partial charge on any atom is -0.496 e. The maximum atomic E-state index is 11.1. The second-order valence-corrected chi connectivity index (χ2v) is 4.15. The number of amides is 1. The second kappa shape index (κ2) is 6.70. The highest BCUT2D eigenvalue weighted by Gasteiger charge is 2.12. The topological polar surface area (TPSA) is 77.2 Å². The molecule has 6 heteroatoms. The van der Waals surface area contributed by atoms with E-state index in [9.17, 15) is 4.79 Å². The van der Waals surface area contributed by atoms with Gasteiger partial charge in [0, 0.05) is 19.4 Å². The van der Waals surface area contributed by atoms with E-state index >= 15 is 0 Å². The molecule has 1 N–H and O–H groups in total. The minimum absolute atomic E-state index is 0.00877. The molecule has 1 aromatic heterocycles. The first-order chi connectivity index (χ1) is 9.74. The predicted molar refractivity (Wildman–Crippen MR) is 73.3 cm³/mol. The lowest BCUT2D eigenvalue weighted by atomic mass is 10.2. The molecule has 0 fully saturated rings. The molecule has 0 aliphatic carbocycles. The van der Waals surface area contributed by atoms with Gasteiger partial charge in [0.1, 0.15) is 5.75 Å². The Morgan fingerprint density at radius 1 is 1.35 bits per heavy atom. The van der Waals surface area contributed by atoms with Crippen LogP contribution in [0.2, 0.25) is 0 Å². The van der Waals surface area contributed by atoms with Crippen LogP contribution in [0.15, 0.2) is 28.7 Å². The van der Waals surface area contributed by atoms with Crippen molar-refractivity contribution in [3.05, 3.63) is 30.2 Å². The zero-order chi connectivity index (χ0) is 14.4. The molecule has 2 rings (SSSR count). The van der Waals surface area contributed by atoms with Gasteiger partial charge in [-0.1, -0.05) is 19.1 Å². The number of ether oxygens (including phenoxy) is 1. The van der Waals surface area contributed by atoms with Gasteiger partial charge in [-0.15, -0.1) is 10.2 Å². The van der Waals surface area contributed by atoms with Crippen LogP contribution >= 0.6 is 0 Å². The molecule has 106 valence electrons. The Bertz CT molecular complexity index is 581. The summed E-state index contributed by atoms with van der Waals surface area (Å²) in [6, 6.07) is 7.44. The average Bonchev–Trinajstić information content (AvgIpc) is 2.95. The molecule has 0 aliphatic rings. The Balaban J connectivity index is 2.03. The van der Waals surface area contributed by atoms with Gasteiger partial charge in [-0.3, -0.25) is 4.79 Å². The third-order valence-electron chi connectivity index (χ3n) is 2.79. The van der Waals surface area contributed by atoms with Gasteiger partial charge in [0.25, 0.3) is 5.89 Å². The van der Waals surface area contributed by atoms with Crippen molar-refractivity contribution in [2.75, 3.05) is 13.7 Å². The first kappa shape index (κ1) is 14.0. The molecule has 0 bridgehead atoms. The number of hydrogen-bond donors (Lipinski definition) is 1. The molecule has 1 amide bonds. The van der Waals surface area contributed by atoms with E-state index in [0.29, 0.717) is 36.9 Å². The molecule has 0 aliphatic heterocycles. The van der Waals surface area contributed by atoms with Crippen molar-refractivity contribution >= 4 is 5.91 Å². The average molecular weight is 275 g/mol. The Hall–Kier alpha value is -2.37. The van der Waals surface area contributed by atoms with Crippen LogP contribution in [-0.4, -0.2) is 29.8 Å². The van der Waals surface area contributed by atoms with Gasteiger partial charge in [-0.25, -0.2) is 0 Å². The number of rotatable bonds is 6. The normalized spacial score (nSPS) is 10.3. The predicted octanol–water partition coefficient (Wildman–Crippen LogP) is 1.81. The summed E-state index contributed by atoms with van der Waals surface area (Å²) >= 11 is 0. The van der Waals surface area contributed by atoms with Gasteiger partial charge in [0.2, 0.25) is 11.8 Å². The lowest BCUT2D eigenvalue weighted by molar-refractivity contribution is -0.120. The van der Waals surface area contributed by atoms with E-state index in [2.05, 4.69) is 15.5 Å². The summed E-state index contributed by atoms with van der Waals surface area (Å²) in [5, 5.41) is 10.7. The quantitative estimate of drug-likeness (QED) is 0.870. The van der Waals surface area contributed by atoms with Crippen molar-refractivity contribution in [2.24, 2.45) is 0 Å². The Labute approximate surface area is 117 Å². The molecule has 1 aromatic carbocycles. The molecule has 0 radical (unpaired) electrons. The Morgan fingerprint density at radius 3 is 2.90 bits per heavy atom. The number of carbonyl (C=O) groups is 1. The first-order valence-electron chi connectivity index (χ1n) is 6.47. The summed E-state index contributed by atoms with van der Waals surface area (Å²) in [6.07, 6.45) is 0.976. The molecule has 20 heavy (non-hydrogen) atoms. The van der Waals surface area contributed by atoms with Crippen LogP contribution in [-0.2, 0) is 11.2 Å². The van der Waals surface area contributed by atoms with E-state index in [4.69, 9.17) is 9.15 Å². The van der Waals surface area contributed by atoms with Crippen molar-refractivity contribution in [2.45, 2.75) is 19.8 Å². The number of hydrogen-bond acceptors (Lipinski definition) is 5. The summed E-state index contributed by atoms with van der Waals surface area (Å²) in [6.45, 7) is 2.29. The van der Waals surface area contributed by atoms with E-state index in [1.54, 1.807) is 7.11 Å². The highest BCUT2D eigenvalue weighted by Crippen LogP contribution is 2.28. The largest absolute Gasteiger partial charge is 0.496 e. The van der Waals surface area contributed by atoms with E-state index < -0.39 is 0 Å². The summed E-state index contributed by atoms with van der Waals surface area (Å²) in [4.78, 5) is 11.1. The van der Waals surface area contributed by atoms with Gasteiger partial charge < -0.3 is 14.5 Å². The summed E-state index contributed by atoms with van der Waals surface area (Å²) in [5.74, 6) is 1.60. The standard InChI is InChI=1S/C14H17N3O3/c1-3-12(18)15-9-8-13-16-17-14(20-13)10-6-4-5-7-11(10)19-2/h4-7H,3,8-9H2,1-2H3,(H,15,18). The molecule has 0 saturated heterocycles. The van der Waals surface area contributed by atoms with Gasteiger partial charge in [0.05, 0.1) is 12.7 Å². The van der Waals surface area contributed by atoms with Gasteiger partial charge in [0.15, 0.2) is 0 Å². The zero-order valence-electron chi connectivity index (χ0n) is 11.5. The highest BCUT2D eigenvalue weighted by atomic mass is 16.5. The summed E-state index contributed by atoms with van der Waals surface area (Å²) in [5.41, 5.74) is 0.756. The zero-order valence-corrected chi connectivity index (χ0v) is 11.5. The molecule has 0 atom stereocenters. The fourth-order valence-corrected chi connectivity index (χ4v) is 1.72. The van der Waals surface area contributed by atoms with Gasteiger partial charge in [-0.05, 0) is 12.1 Å². The van der Waals surface area contributed by atoms with Crippen molar-refractivity contribution in [1.82, 2.24) is 15.5 Å². The molecular weight excluding hydrogens is 258 g/mol. The number of benzene rings is 1. The van der Waals surface area contributed by atoms with Crippen molar-refractivity contribution < 1.29 is 13.9 Å². The van der Waals surface area contributed by atoms with Crippen LogP contribution in [0, 0.1) is 0 Å². The first-order valence-corrected chi connectivity index (χ1v) is 6.47. The number of para-hydroxylation sites is 1. The van der Waals surface area contributed by atoms with Crippen LogP contribution in [0.25, 0.3) is 11.5 Å². The number of aromatic nitrogens is 2. The van der Waals surface area contributed by atoms with E-state index in [1.807, 2.05) is 31.2 Å². The maximum absolute atomic E-state index is 11.1. The van der Waals surface area contributed by atoms with Crippen LogP contribution in [0.1, 0.15) is 19.2 Å². The molecule has 0 saturated carbocycles. The van der Waals surface area contributed by atoms with Crippen molar-refractivity contribution in [3.63, 3.8) is 0 Å². The molecular formula is C14H17N3O3. The number of carbonyl (C=O) groups excluding carboxylic acids is 1. The summed E-state index contributed by atoms with van der Waals surface area (Å²) in [7, 11) is 1.59. The lowest BCUT2D eigenvalue weighted by Crippen LogP contribution is -2.24. The lowest BCUT2D eigenvalue weighted by Gasteiger charge is -2.03. The highest BCUT2D eigenvalue weighted by molar-refractivity contribution is 5.75. The monoisotopic (exact) mass is 275 g/mol. The Morgan fingerprint density at radius 2 is 2.15 bits per heavy atom. The molecule has 0 unspecified atom stereocenters. The fourth-order valence-electron chi connectivity index (χ4n) is 1.72. The van der Waals surface area contributed by atoms with E-state index in [0.717, 1.165) is 5.56 Å². The van der Waals surface area contributed by atoms with Crippen molar-refractivity contribution in [3.8, 4) is 17.2 Å². The van der Waals surface area contributed by atoms with E-state index in [1.165, 1.54) is 0 Å². The number of nitrogens with one attached hydrogen (secondary N) is 1. The van der Waals surface area contributed by atoms with E-state index in [-0.39, 0.29) is 5.91 Å². The number of nitrogens with zero attached hydrogens (tertiary/aromatic N) is 2. The fraction of sp³-hybridized carbons (Fsp3) is 0.357. The van der Waals surface area contributed by atoms with Crippen LogP contribution in [0.4, 0.5) is 0 Å². The van der Waals surface area contributed by atoms with Crippen LogP contribution in [0.3, 0.4) is 0 Å². The van der Waals surface area contributed by atoms with Crippen LogP contribution < -0.4 is 10.1 Å². The van der Waals surface area contributed by atoms with Crippen LogP contribution in [0.5, 0.6) is 5.75 Å². The second-order valence-electron chi connectivity index (χ2n) is 4.15. The minimum atomic E-state index is 0.00877. The maximum Gasteiger partial charge on any atom is 0.251 e. The molecule has 2 aromatic rings. The molecule has 0 spiro atoms. The third kappa shape index (κ3) is 3.34. The summed E-state index contributed by atoms with van der Waals surface area (Å²) < 4.78 is 10.8. The van der Waals surface area contributed by atoms with Gasteiger partial charge >= 0.3 is 0 Å². The Kier molecular flexibility index (Phi) is 4.70. The number of methoxy groups -OCH3 is 1. The van der Waals surface area contributed by atoms with Crippen molar-refractivity contribution in [1.29, 1.82) is 0 Å². The SMILES string of the molecule is CCC(=O)NCCc1nnc(-c2ccccc2OC)o1. The molecule has 6 nitrogen and oxygen atoms in total. The smallest absolute Gasteiger partial charge is 0.251 e. The van der Waals surface area contributed by atoms with Gasteiger partial charge in [-0.2, -0.15) is 0 Å². The molecule has 1 heterocycles.